The highest BCUT2D eigenvalue weighted by Crippen LogP contribution is 2.21. The van der Waals surface area contributed by atoms with Crippen LogP contribution < -0.4 is 4.74 Å². The lowest BCUT2D eigenvalue weighted by Crippen LogP contribution is -1.95. The van der Waals surface area contributed by atoms with Crippen LogP contribution >= 0.6 is 0 Å². The van der Waals surface area contributed by atoms with E-state index in [0.29, 0.717) is 17.3 Å². The number of aromatic nitrogens is 4. The highest BCUT2D eigenvalue weighted by atomic mass is 16.5. The van der Waals surface area contributed by atoms with Crippen LogP contribution in [0.3, 0.4) is 0 Å². The van der Waals surface area contributed by atoms with Gasteiger partial charge in [0, 0.05) is 0 Å². The predicted octanol–water partition coefficient (Wildman–Crippen LogP) is 2.54. The van der Waals surface area contributed by atoms with Crippen molar-refractivity contribution in [1.82, 2.24) is 20.2 Å². The molecule has 2 aromatic rings. The largest absolute Gasteiger partial charge is 0.438 e. The van der Waals surface area contributed by atoms with Gasteiger partial charge in [0.2, 0.25) is 5.88 Å². The fourth-order valence-electron chi connectivity index (χ4n) is 1.34. The highest BCUT2D eigenvalue weighted by Gasteiger charge is 2.07. The quantitative estimate of drug-likeness (QED) is 0.644. The minimum absolute atomic E-state index is 0.440. The van der Waals surface area contributed by atoms with Gasteiger partial charge in [0.05, 0.1) is 6.20 Å². The van der Waals surface area contributed by atoms with Gasteiger partial charge in [-0.2, -0.15) is 5.10 Å². The number of allylic oxidation sites excluding steroid dienone is 5. The first-order valence-electron chi connectivity index (χ1n) is 5.29. The second-order valence-electron chi connectivity index (χ2n) is 3.31. The Bertz CT molecular complexity index is 625. The Morgan fingerprint density at radius 1 is 1.28 bits per heavy atom. The molecule has 18 heavy (non-hydrogen) atoms. The van der Waals surface area contributed by atoms with Crippen molar-refractivity contribution in [3.63, 3.8) is 0 Å². The number of fused-ring (bicyclic) bond motifs is 1. The molecule has 0 aliphatic carbocycles. The zero-order valence-corrected chi connectivity index (χ0v) is 9.71. The maximum absolute atomic E-state index is 5.67. The van der Waals surface area contributed by atoms with Crippen molar-refractivity contribution >= 4 is 11.0 Å². The van der Waals surface area contributed by atoms with Gasteiger partial charge in [0.15, 0.2) is 5.65 Å². The van der Waals surface area contributed by atoms with E-state index in [0.717, 1.165) is 5.39 Å². The van der Waals surface area contributed by atoms with Crippen molar-refractivity contribution in [1.29, 1.82) is 0 Å². The third-order valence-corrected chi connectivity index (χ3v) is 2.10. The molecule has 0 amide bonds. The number of H-pyrrole nitrogens is 1. The second kappa shape index (κ2) is 5.58. The van der Waals surface area contributed by atoms with Crippen molar-refractivity contribution in [3.8, 4) is 5.88 Å². The summed E-state index contributed by atoms with van der Waals surface area (Å²) in [5, 5.41) is 7.37. The maximum atomic E-state index is 5.67. The Morgan fingerprint density at radius 3 is 2.94 bits per heavy atom. The average Bonchev–Trinajstić information content (AvgIpc) is 2.85. The molecule has 0 bridgehead atoms. The number of hydrogen-bond donors (Lipinski definition) is 1. The Balaban J connectivity index is 2.34. The molecular weight excluding hydrogens is 228 g/mol. The third-order valence-electron chi connectivity index (χ3n) is 2.10. The number of rotatable bonds is 5. The van der Waals surface area contributed by atoms with E-state index in [1.54, 1.807) is 36.6 Å². The van der Waals surface area contributed by atoms with Crippen LogP contribution in [0.25, 0.3) is 11.0 Å². The van der Waals surface area contributed by atoms with Gasteiger partial charge < -0.3 is 4.74 Å². The molecule has 2 rings (SSSR count). The summed E-state index contributed by atoms with van der Waals surface area (Å²) in [4.78, 5) is 8.12. The van der Waals surface area contributed by atoms with E-state index in [1.165, 1.54) is 6.33 Å². The third kappa shape index (κ3) is 2.52. The molecule has 0 fully saturated rings. The van der Waals surface area contributed by atoms with E-state index >= 15 is 0 Å². The van der Waals surface area contributed by atoms with Crippen LogP contribution in [0, 0.1) is 0 Å². The van der Waals surface area contributed by atoms with Gasteiger partial charge >= 0.3 is 0 Å². The van der Waals surface area contributed by atoms with Crippen LogP contribution in [-0.2, 0) is 0 Å². The molecule has 0 unspecified atom stereocenters. The van der Waals surface area contributed by atoms with Crippen LogP contribution in [0.2, 0.25) is 0 Å². The van der Waals surface area contributed by atoms with Gasteiger partial charge in [-0.15, -0.1) is 0 Å². The van der Waals surface area contributed by atoms with E-state index in [9.17, 15) is 0 Å². The molecule has 1 N–H and O–H groups in total. The molecule has 0 radical (unpaired) electrons. The number of nitrogens with zero attached hydrogens (tertiary/aromatic N) is 3. The van der Waals surface area contributed by atoms with E-state index in [4.69, 9.17) is 4.74 Å². The first-order chi connectivity index (χ1) is 8.85. The van der Waals surface area contributed by atoms with Crippen molar-refractivity contribution in [2.75, 3.05) is 0 Å². The van der Waals surface area contributed by atoms with Crippen LogP contribution in [0.15, 0.2) is 61.8 Å². The Kier molecular flexibility index (Phi) is 3.66. The number of hydrogen-bond acceptors (Lipinski definition) is 4. The zero-order valence-electron chi connectivity index (χ0n) is 9.71. The number of aromatic amines is 1. The van der Waals surface area contributed by atoms with Crippen LogP contribution in [0.5, 0.6) is 5.88 Å². The molecule has 0 atom stereocenters. The molecule has 2 heterocycles. The molecular formula is C13H12N4O. The average molecular weight is 240 g/mol. The van der Waals surface area contributed by atoms with Crippen LogP contribution in [0.1, 0.15) is 0 Å². The maximum Gasteiger partial charge on any atom is 0.233 e. The van der Waals surface area contributed by atoms with E-state index in [2.05, 4.69) is 33.3 Å². The Labute approximate surface area is 104 Å². The van der Waals surface area contributed by atoms with Crippen molar-refractivity contribution < 1.29 is 4.74 Å². The molecule has 0 aromatic carbocycles. The summed E-state index contributed by atoms with van der Waals surface area (Å²) in [6, 6.07) is 0. The minimum atomic E-state index is 0.440. The Morgan fingerprint density at radius 2 is 2.17 bits per heavy atom. The molecule has 0 saturated heterocycles. The van der Waals surface area contributed by atoms with Crippen LogP contribution in [-0.4, -0.2) is 20.2 Å². The highest BCUT2D eigenvalue weighted by molar-refractivity contribution is 5.79. The number of nitrogens with one attached hydrogen (secondary N) is 1. The summed E-state index contributed by atoms with van der Waals surface area (Å²) in [5.41, 5.74) is 0.630. The fraction of sp³-hybridized carbons (Fsp3) is 0. The van der Waals surface area contributed by atoms with E-state index < -0.39 is 0 Å². The van der Waals surface area contributed by atoms with E-state index in [1.807, 2.05) is 0 Å². The van der Waals surface area contributed by atoms with Gasteiger partial charge in [0.25, 0.3) is 0 Å². The second-order valence-corrected chi connectivity index (χ2v) is 3.31. The SMILES string of the molecule is C=C/C=C\C(=C/C=C)Oc1ncnc2[nH]ncc12. The molecule has 5 heteroatoms. The standard InChI is InChI=1S/C13H12N4O/c1-3-5-7-10(6-4-2)18-13-11-8-16-17-12(11)14-9-15-13/h3-9H,1-2H2,(H,14,15,16,17)/b7-5-,10-6+. The summed E-state index contributed by atoms with van der Waals surface area (Å²) in [7, 11) is 0. The molecule has 90 valence electrons. The minimum Gasteiger partial charge on any atom is -0.438 e. The van der Waals surface area contributed by atoms with Gasteiger partial charge in [-0.25, -0.2) is 9.97 Å². The topological polar surface area (TPSA) is 63.7 Å². The lowest BCUT2D eigenvalue weighted by molar-refractivity contribution is 0.431. The smallest absolute Gasteiger partial charge is 0.233 e. The molecule has 0 saturated carbocycles. The van der Waals surface area contributed by atoms with Gasteiger partial charge in [-0.05, 0) is 12.2 Å². The molecule has 0 spiro atoms. The first kappa shape index (κ1) is 11.8. The summed E-state index contributed by atoms with van der Waals surface area (Å²) >= 11 is 0. The summed E-state index contributed by atoms with van der Waals surface area (Å²) in [6.07, 6.45) is 11.6. The lowest BCUT2D eigenvalue weighted by atomic mass is 10.3. The first-order valence-corrected chi connectivity index (χ1v) is 5.29. The summed E-state index contributed by atoms with van der Waals surface area (Å²) in [6.45, 7) is 7.24. The normalized spacial score (nSPS) is 11.9. The predicted molar refractivity (Wildman–Crippen MR) is 69.9 cm³/mol. The van der Waals surface area contributed by atoms with Crippen molar-refractivity contribution in [2.24, 2.45) is 0 Å². The van der Waals surface area contributed by atoms with Crippen molar-refractivity contribution in [3.05, 3.63) is 61.8 Å². The molecule has 5 nitrogen and oxygen atoms in total. The molecule has 0 aliphatic heterocycles. The summed E-state index contributed by atoms with van der Waals surface area (Å²) in [5.74, 6) is 1.04. The Hall–Kier alpha value is -2.69. The monoisotopic (exact) mass is 240 g/mol. The van der Waals surface area contributed by atoms with Gasteiger partial charge in [0.1, 0.15) is 17.5 Å². The zero-order chi connectivity index (χ0) is 12.8. The summed E-state index contributed by atoms with van der Waals surface area (Å²) < 4.78 is 5.67. The fourth-order valence-corrected chi connectivity index (χ4v) is 1.34. The van der Waals surface area contributed by atoms with Gasteiger partial charge in [-0.1, -0.05) is 31.4 Å². The molecule has 2 aromatic heterocycles. The van der Waals surface area contributed by atoms with Crippen molar-refractivity contribution in [2.45, 2.75) is 0 Å². The van der Waals surface area contributed by atoms with Crippen LogP contribution in [0.4, 0.5) is 0 Å². The molecule has 0 aliphatic rings. The lowest BCUT2D eigenvalue weighted by Gasteiger charge is -2.04. The number of ether oxygens (including phenoxy) is 1. The van der Waals surface area contributed by atoms with Gasteiger partial charge in [-0.3, -0.25) is 5.10 Å². The van der Waals surface area contributed by atoms with E-state index in [-0.39, 0.29) is 0 Å².